The van der Waals surface area contributed by atoms with Crippen LogP contribution in [0.4, 0.5) is 0 Å². The zero-order chi connectivity index (χ0) is 21.7. The van der Waals surface area contributed by atoms with E-state index >= 15 is 0 Å². The number of terminal acetylenes is 1. The monoisotopic (exact) mass is 421 g/mol. The van der Waals surface area contributed by atoms with Gasteiger partial charge in [-0.25, -0.2) is 8.42 Å². The molecule has 0 aliphatic heterocycles. The first kappa shape index (κ1) is 21.5. The van der Waals surface area contributed by atoms with E-state index in [0.717, 1.165) is 16.5 Å². The molecule has 0 spiro atoms. The fraction of sp³-hybridized carbons (Fsp3) is 0.250. The second-order valence-electron chi connectivity index (χ2n) is 6.77. The number of hydrogen-bond donors (Lipinski definition) is 0. The Hall–Kier alpha value is -3.19. The third-order valence-electron chi connectivity index (χ3n) is 4.88. The van der Waals surface area contributed by atoms with Crippen molar-refractivity contribution < 1.29 is 17.6 Å². The highest BCUT2D eigenvalue weighted by molar-refractivity contribution is 7.89. The smallest absolute Gasteiger partial charge is 0.245 e. The molecule has 30 heavy (non-hydrogen) atoms. The Morgan fingerprint density at radius 3 is 2.53 bits per heavy atom. The van der Waals surface area contributed by atoms with Crippen LogP contribution in [0.5, 0.6) is 5.75 Å². The third kappa shape index (κ3) is 4.21. The fourth-order valence-electron chi connectivity index (χ4n) is 3.25. The van der Waals surface area contributed by atoms with Crippen LogP contribution in [0, 0.1) is 31.1 Å². The summed E-state index contributed by atoms with van der Waals surface area (Å²) in [6.45, 7) is 3.58. The Kier molecular flexibility index (Phi) is 6.52. The lowest BCUT2D eigenvalue weighted by molar-refractivity contribution is 0.399. The SMILES string of the molecule is C#C[C@@H](Cc1ccc(OC)c2occc12)N(CC#CC)S(=O)(=O)c1ccc(C)cc1. The zero-order valence-electron chi connectivity index (χ0n) is 17.2. The van der Waals surface area contributed by atoms with Gasteiger partial charge < -0.3 is 9.15 Å². The summed E-state index contributed by atoms with van der Waals surface area (Å²) >= 11 is 0. The van der Waals surface area contributed by atoms with Crippen molar-refractivity contribution in [3.05, 3.63) is 59.9 Å². The molecule has 0 bridgehead atoms. The van der Waals surface area contributed by atoms with Crippen molar-refractivity contribution in [2.45, 2.75) is 31.2 Å². The van der Waals surface area contributed by atoms with Crippen molar-refractivity contribution in [2.24, 2.45) is 0 Å². The molecule has 1 heterocycles. The molecule has 0 saturated heterocycles. The maximum atomic E-state index is 13.4. The highest BCUT2D eigenvalue weighted by Crippen LogP contribution is 2.31. The fourth-order valence-corrected chi connectivity index (χ4v) is 4.71. The molecule has 1 aromatic heterocycles. The number of benzene rings is 2. The lowest BCUT2D eigenvalue weighted by atomic mass is 10.0. The molecule has 0 amide bonds. The molecule has 0 aliphatic rings. The Morgan fingerprint density at radius 2 is 1.90 bits per heavy atom. The van der Waals surface area contributed by atoms with E-state index in [1.165, 1.54) is 4.31 Å². The second-order valence-corrected chi connectivity index (χ2v) is 8.66. The Morgan fingerprint density at radius 1 is 1.17 bits per heavy atom. The molecule has 0 saturated carbocycles. The van der Waals surface area contributed by atoms with E-state index in [4.69, 9.17) is 15.6 Å². The van der Waals surface area contributed by atoms with Gasteiger partial charge >= 0.3 is 0 Å². The van der Waals surface area contributed by atoms with Crippen LogP contribution in [0.25, 0.3) is 11.0 Å². The Labute approximate surface area is 177 Å². The van der Waals surface area contributed by atoms with Gasteiger partial charge in [0.15, 0.2) is 11.3 Å². The molecule has 3 aromatic rings. The largest absolute Gasteiger partial charge is 0.493 e. The molecule has 3 rings (SSSR count). The highest BCUT2D eigenvalue weighted by atomic mass is 32.2. The van der Waals surface area contributed by atoms with Crippen LogP contribution in [0.2, 0.25) is 0 Å². The van der Waals surface area contributed by atoms with Gasteiger partial charge in [0.1, 0.15) is 0 Å². The van der Waals surface area contributed by atoms with Gasteiger partial charge in [-0.1, -0.05) is 35.6 Å². The first-order valence-corrected chi connectivity index (χ1v) is 10.8. The standard InChI is InChI=1S/C24H23NO4S/c1-5-7-15-25(30(26,27)21-11-8-18(3)9-12-21)20(6-2)17-19-10-13-23(28-4)24-22(19)14-16-29-24/h2,8-14,16,20H,15,17H2,1,3-4H3/t20-/m0/s1. The van der Waals surface area contributed by atoms with Crippen LogP contribution in [0.15, 0.2) is 58.0 Å². The Bertz CT molecular complexity index is 1240. The topological polar surface area (TPSA) is 59.8 Å². The van der Waals surface area contributed by atoms with Crippen LogP contribution in [0.3, 0.4) is 0 Å². The number of sulfonamides is 1. The average Bonchev–Trinajstić information content (AvgIpc) is 3.23. The van der Waals surface area contributed by atoms with Gasteiger partial charge in [-0.05, 0) is 43.7 Å². The maximum absolute atomic E-state index is 13.4. The number of rotatable bonds is 7. The number of hydrogen-bond acceptors (Lipinski definition) is 4. The third-order valence-corrected chi connectivity index (χ3v) is 6.75. The molecule has 0 radical (unpaired) electrons. The van der Waals surface area contributed by atoms with Gasteiger partial charge in [0.05, 0.1) is 30.9 Å². The van der Waals surface area contributed by atoms with Crippen molar-refractivity contribution in [3.8, 4) is 29.9 Å². The van der Waals surface area contributed by atoms with E-state index in [1.807, 2.05) is 19.1 Å². The molecule has 1 atom stereocenters. The maximum Gasteiger partial charge on any atom is 0.245 e. The summed E-state index contributed by atoms with van der Waals surface area (Å²) < 4.78 is 38.9. The van der Waals surface area contributed by atoms with Crippen LogP contribution >= 0.6 is 0 Å². The Balaban J connectivity index is 2.02. The van der Waals surface area contributed by atoms with Crippen molar-refractivity contribution in [1.82, 2.24) is 4.31 Å². The zero-order valence-corrected chi connectivity index (χ0v) is 18.0. The molecule has 0 N–H and O–H groups in total. The summed E-state index contributed by atoms with van der Waals surface area (Å²) in [6, 6.07) is 11.5. The van der Waals surface area contributed by atoms with Crippen LogP contribution in [-0.2, 0) is 16.4 Å². The van der Waals surface area contributed by atoms with Gasteiger partial charge in [0.25, 0.3) is 0 Å². The predicted molar refractivity (Wildman–Crippen MR) is 118 cm³/mol. The van der Waals surface area contributed by atoms with Gasteiger partial charge in [0.2, 0.25) is 10.0 Å². The minimum Gasteiger partial charge on any atom is -0.493 e. The van der Waals surface area contributed by atoms with Crippen molar-refractivity contribution in [2.75, 3.05) is 13.7 Å². The minimum atomic E-state index is -3.83. The molecular weight excluding hydrogens is 398 g/mol. The number of methoxy groups -OCH3 is 1. The van der Waals surface area contributed by atoms with Crippen molar-refractivity contribution in [1.29, 1.82) is 0 Å². The number of furan rings is 1. The van der Waals surface area contributed by atoms with E-state index in [9.17, 15) is 8.42 Å². The predicted octanol–water partition coefficient (Wildman–Crippen LogP) is 4.01. The molecule has 2 aromatic carbocycles. The van der Waals surface area contributed by atoms with Gasteiger partial charge in [-0.2, -0.15) is 4.31 Å². The molecule has 6 heteroatoms. The second kappa shape index (κ2) is 9.09. The molecule has 0 aliphatic carbocycles. The number of nitrogens with zero attached hydrogens (tertiary/aromatic N) is 1. The quantitative estimate of drug-likeness (QED) is 0.541. The number of aryl methyl sites for hydroxylation is 1. The summed E-state index contributed by atoms with van der Waals surface area (Å²) in [4.78, 5) is 0.189. The molecular formula is C24H23NO4S. The average molecular weight is 422 g/mol. The normalized spacial score (nSPS) is 12.2. The van der Waals surface area contributed by atoms with Gasteiger partial charge in [-0.15, -0.1) is 12.3 Å². The van der Waals surface area contributed by atoms with Crippen LogP contribution in [0.1, 0.15) is 18.1 Å². The van der Waals surface area contributed by atoms with E-state index in [1.54, 1.807) is 50.6 Å². The summed E-state index contributed by atoms with van der Waals surface area (Å²) in [6.07, 6.45) is 7.70. The van der Waals surface area contributed by atoms with Crippen LogP contribution in [-0.4, -0.2) is 32.4 Å². The molecule has 0 unspecified atom stereocenters. The van der Waals surface area contributed by atoms with Crippen molar-refractivity contribution in [3.63, 3.8) is 0 Å². The van der Waals surface area contributed by atoms with Gasteiger partial charge in [-0.3, -0.25) is 0 Å². The lowest BCUT2D eigenvalue weighted by Gasteiger charge is -2.26. The van der Waals surface area contributed by atoms with E-state index in [-0.39, 0.29) is 11.4 Å². The van der Waals surface area contributed by atoms with E-state index in [2.05, 4.69) is 17.8 Å². The summed E-state index contributed by atoms with van der Waals surface area (Å²) in [5.74, 6) is 8.87. The number of ether oxygens (including phenoxy) is 1. The van der Waals surface area contributed by atoms with Gasteiger partial charge in [0, 0.05) is 11.8 Å². The molecule has 5 nitrogen and oxygen atoms in total. The van der Waals surface area contributed by atoms with E-state index < -0.39 is 16.1 Å². The molecule has 154 valence electrons. The van der Waals surface area contributed by atoms with Crippen LogP contribution < -0.4 is 4.74 Å². The highest BCUT2D eigenvalue weighted by Gasteiger charge is 2.30. The molecule has 0 fully saturated rings. The van der Waals surface area contributed by atoms with Crippen molar-refractivity contribution >= 4 is 21.0 Å². The lowest BCUT2D eigenvalue weighted by Crippen LogP contribution is -2.41. The number of fused-ring (bicyclic) bond motifs is 1. The first-order valence-electron chi connectivity index (χ1n) is 9.39. The minimum absolute atomic E-state index is 0.00621. The summed E-state index contributed by atoms with van der Waals surface area (Å²) in [5, 5.41) is 0.837. The summed E-state index contributed by atoms with van der Waals surface area (Å²) in [7, 11) is -2.26. The first-order chi connectivity index (χ1) is 14.4. The summed E-state index contributed by atoms with van der Waals surface area (Å²) in [5.41, 5.74) is 2.45. The van der Waals surface area contributed by atoms with E-state index in [0.29, 0.717) is 17.8 Å².